The maximum absolute atomic E-state index is 2.57. The molecule has 0 radical (unpaired) electrons. The standard InChI is InChI=1S/C16H22IN/c1-13-7-10-18(11-8-13)12-9-14(2)15-3-5-16(17)6-4-15/h3-6,9,13H,7-8,10-12H2,1-2H3/b14-9-. The van der Waals surface area contributed by atoms with Crippen LogP contribution in [-0.4, -0.2) is 24.5 Å². The third-order valence-electron chi connectivity index (χ3n) is 3.83. The van der Waals surface area contributed by atoms with Crippen LogP contribution in [0.4, 0.5) is 0 Å². The van der Waals surface area contributed by atoms with Crippen LogP contribution in [0.15, 0.2) is 30.3 Å². The minimum absolute atomic E-state index is 0.919. The maximum Gasteiger partial charge on any atom is 0.0169 e. The highest BCUT2D eigenvalue weighted by Crippen LogP contribution is 2.18. The van der Waals surface area contributed by atoms with Crippen molar-refractivity contribution >= 4 is 28.2 Å². The van der Waals surface area contributed by atoms with Gasteiger partial charge in [-0.3, -0.25) is 4.90 Å². The average molecular weight is 355 g/mol. The summed E-state index contributed by atoms with van der Waals surface area (Å²) >= 11 is 2.35. The quantitative estimate of drug-likeness (QED) is 0.726. The Hall–Kier alpha value is -0.350. The van der Waals surface area contributed by atoms with E-state index in [1.54, 1.807) is 0 Å². The summed E-state index contributed by atoms with van der Waals surface area (Å²) in [5.74, 6) is 0.919. The van der Waals surface area contributed by atoms with Crippen LogP contribution in [0.5, 0.6) is 0 Å². The number of hydrogen-bond donors (Lipinski definition) is 0. The first-order chi connectivity index (χ1) is 8.65. The van der Waals surface area contributed by atoms with Gasteiger partial charge in [0.2, 0.25) is 0 Å². The minimum Gasteiger partial charge on any atom is -0.300 e. The van der Waals surface area contributed by atoms with E-state index in [4.69, 9.17) is 0 Å². The van der Waals surface area contributed by atoms with Crippen LogP contribution in [0.1, 0.15) is 32.3 Å². The van der Waals surface area contributed by atoms with E-state index < -0.39 is 0 Å². The largest absolute Gasteiger partial charge is 0.300 e. The molecular formula is C16H22IN. The molecule has 2 rings (SSSR count). The number of nitrogens with zero attached hydrogens (tertiary/aromatic N) is 1. The predicted molar refractivity (Wildman–Crippen MR) is 87.6 cm³/mol. The van der Waals surface area contributed by atoms with E-state index in [9.17, 15) is 0 Å². The molecule has 1 aromatic rings. The summed E-state index contributed by atoms with van der Waals surface area (Å²) in [5.41, 5.74) is 2.74. The Morgan fingerprint density at radius 3 is 2.50 bits per heavy atom. The predicted octanol–water partition coefficient (Wildman–Crippen LogP) is 4.43. The van der Waals surface area contributed by atoms with Crippen LogP contribution in [-0.2, 0) is 0 Å². The fourth-order valence-corrected chi connectivity index (χ4v) is 2.70. The molecule has 1 aliphatic heterocycles. The highest BCUT2D eigenvalue weighted by molar-refractivity contribution is 14.1. The molecule has 0 aliphatic carbocycles. The van der Waals surface area contributed by atoms with Gasteiger partial charge in [0.1, 0.15) is 0 Å². The topological polar surface area (TPSA) is 3.24 Å². The zero-order chi connectivity index (χ0) is 13.0. The number of piperidine rings is 1. The van der Waals surface area contributed by atoms with E-state index in [0.717, 1.165) is 12.5 Å². The summed E-state index contributed by atoms with van der Waals surface area (Å²) in [6, 6.07) is 8.78. The highest BCUT2D eigenvalue weighted by Gasteiger charge is 2.14. The summed E-state index contributed by atoms with van der Waals surface area (Å²) in [7, 11) is 0. The Morgan fingerprint density at radius 1 is 1.28 bits per heavy atom. The second kappa shape index (κ2) is 6.71. The lowest BCUT2D eigenvalue weighted by Gasteiger charge is -2.29. The first kappa shape index (κ1) is 14.1. The van der Waals surface area contributed by atoms with Gasteiger partial charge in [-0.05, 0) is 84.6 Å². The van der Waals surface area contributed by atoms with Gasteiger partial charge >= 0.3 is 0 Å². The second-order valence-corrected chi connectivity index (χ2v) is 6.62. The minimum atomic E-state index is 0.919. The summed E-state index contributed by atoms with van der Waals surface area (Å²) < 4.78 is 1.30. The van der Waals surface area contributed by atoms with E-state index in [0.29, 0.717) is 0 Å². The number of benzene rings is 1. The molecule has 1 heterocycles. The highest BCUT2D eigenvalue weighted by atomic mass is 127. The van der Waals surface area contributed by atoms with E-state index in [1.165, 1.54) is 40.6 Å². The molecule has 1 aromatic carbocycles. The van der Waals surface area contributed by atoms with Crippen LogP contribution in [0.25, 0.3) is 5.57 Å². The van der Waals surface area contributed by atoms with Gasteiger partial charge < -0.3 is 0 Å². The number of allylic oxidation sites excluding steroid dienone is 1. The molecule has 1 nitrogen and oxygen atoms in total. The van der Waals surface area contributed by atoms with Gasteiger partial charge in [0.25, 0.3) is 0 Å². The van der Waals surface area contributed by atoms with E-state index in [2.05, 4.69) is 71.7 Å². The molecule has 0 N–H and O–H groups in total. The van der Waals surface area contributed by atoms with Gasteiger partial charge in [0.05, 0.1) is 0 Å². The van der Waals surface area contributed by atoms with Crippen molar-refractivity contribution in [2.45, 2.75) is 26.7 Å². The third-order valence-corrected chi connectivity index (χ3v) is 4.55. The Balaban J connectivity index is 1.90. The van der Waals surface area contributed by atoms with Crippen LogP contribution in [0, 0.1) is 9.49 Å². The van der Waals surface area contributed by atoms with Gasteiger partial charge in [0, 0.05) is 10.1 Å². The van der Waals surface area contributed by atoms with Gasteiger partial charge in [-0.25, -0.2) is 0 Å². The zero-order valence-electron chi connectivity index (χ0n) is 11.3. The molecule has 1 saturated heterocycles. The van der Waals surface area contributed by atoms with Crippen molar-refractivity contribution in [2.75, 3.05) is 19.6 Å². The van der Waals surface area contributed by atoms with Crippen molar-refractivity contribution in [2.24, 2.45) is 5.92 Å². The van der Waals surface area contributed by atoms with E-state index in [-0.39, 0.29) is 0 Å². The molecule has 0 saturated carbocycles. The van der Waals surface area contributed by atoms with Gasteiger partial charge in [-0.1, -0.05) is 25.1 Å². The number of hydrogen-bond acceptors (Lipinski definition) is 1. The van der Waals surface area contributed by atoms with Crippen molar-refractivity contribution in [3.8, 4) is 0 Å². The molecule has 98 valence electrons. The molecular weight excluding hydrogens is 333 g/mol. The molecule has 0 spiro atoms. The number of halogens is 1. The van der Waals surface area contributed by atoms with Crippen LogP contribution >= 0.6 is 22.6 Å². The summed E-state index contributed by atoms with van der Waals surface area (Å²) in [6.45, 7) is 8.21. The van der Waals surface area contributed by atoms with E-state index in [1.807, 2.05) is 0 Å². The lowest BCUT2D eigenvalue weighted by molar-refractivity contribution is 0.210. The normalized spacial score (nSPS) is 19.2. The van der Waals surface area contributed by atoms with Gasteiger partial charge in [-0.2, -0.15) is 0 Å². The van der Waals surface area contributed by atoms with Gasteiger partial charge in [0.15, 0.2) is 0 Å². The summed E-state index contributed by atoms with van der Waals surface area (Å²) in [4.78, 5) is 2.57. The zero-order valence-corrected chi connectivity index (χ0v) is 13.5. The monoisotopic (exact) mass is 355 g/mol. The van der Waals surface area contributed by atoms with Crippen molar-refractivity contribution in [1.82, 2.24) is 4.90 Å². The van der Waals surface area contributed by atoms with Crippen LogP contribution in [0.2, 0.25) is 0 Å². The van der Waals surface area contributed by atoms with Crippen LogP contribution in [0.3, 0.4) is 0 Å². The average Bonchev–Trinajstić information content (AvgIpc) is 2.38. The van der Waals surface area contributed by atoms with Gasteiger partial charge in [-0.15, -0.1) is 0 Å². The summed E-state index contributed by atoms with van der Waals surface area (Å²) in [5, 5.41) is 0. The molecule has 0 unspecified atom stereocenters. The Morgan fingerprint density at radius 2 is 1.89 bits per heavy atom. The third kappa shape index (κ3) is 4.09. The van der Waals surface area contributed by atoms with Crippen molar-refractivity contribution in [1.29, 1.82) is 0 Å². The SMILES string of the molecule is C/C(=C/CN1CCC(C)CC1)c1ccc(I)cc1. The fourth-order valence-electron chi connectivity index (χ4n) is 2.34. The van der Waals surface area contributed by atoms with Crippen molar-refractivity contribution in [3.05, 3.63) is 39.5 Å². The lowest BCUT2D eigenvalue weighted by atomic mass is 9.99. The van der Waals surface area contributed by atoms with Crippen molar-refractivity contribution in [3.63, 3.8) is 0 Å². The number of likely N-dealkylation sites (tertiary alicyclic amines) is 1. The first-order valence-electron chi connectivity index (χ1n) is 6.80. The molecule has 1 fully saturated rings. The molecule has 0 amide bonds. The fraction of sp³-hybridized carbons (Fsp3) is 0.500. The molecule has 1 aliphatic rings. The molecule has 0 atom stereocenters. The second-order valence-electron chi connectivity index (χ2n) is 5.38. The smallest absolute Gasteiger partial charge is 0.0169 e. The summed E-state index contributed by atoms with van der Waals surface area (Å²) in [6.07, 6.45) is 5.09. The van der Waals surface area contributed by atoms with Crippen LogP contribution < -0.4 is 0 Å². The lowest BCUT2D eigenvalue weighted by Crippen LogP contribution is -2.32. The molecule has 18 heavy (non-hydrogen) atoms. The maximum atomic E-state index is 2.57. The Bertz CT molecular complexity index is 400. The van der Waals surface area contributed by atoms with Crippen molar-refractivity contribution < 1.29 is 0 Å². The Labute approximate surface area is 124 Å². The Kier molecular flexibility index (Phi) is 5.25. The van der Waals surface area contributed by atoms with E-state index >= 15 is 0 Å². The molecule has 0 bridgehead atoms. The number of rotatable bonds is 3. The molecule has 2 heteroatoms. The first-order valence-corrected chi connectivity index (χ1v) is 7.88. The molecule has 0 aromatic heterocycles.